The van der Waals surface area contributed by atoms with E-state index in [1.165, 1.54) is 6.08 Å². The van der Waals surface area contributed by atoms with Crippen molar-refractivity contribution in [3.63, 3.8) is 0 Å². The predicted octanol–water partition coefficient (Wildman–Crippen LogP) is 6.42. The summed E-state index contributed by atoms with van der Waals surface area (Å²) < 4.78 is 11.1. The second-order valence-corrected chi connectivity index (χ2v) is 8.57. The van der Waals surface area contributed by atoms with Crippen molar-refractivity contribution < 1.29 is 19.4 Å². The number of aliphatic hydroxyl groups is 1. The highest BCUT2D eigenvalue weighted by Crippen LogP contribution is 2.15. The van der Waals surface area contributed by atoms with Gasteiger partial charge >= 0.3 is 5.97 Å². The zero-order chi connectivity index (χ0) is 24.5. The van der Waals surface area contributed by atoms with Gasteiger partial charge in [-0.25, -0.2) is 4.79 Å². The summed E-state index contributed by atoms with van der Waals surface area (Å²) in [6.45, 7) is 8.18. The molecule has 1 aliphatic rings. The molecule has 4 heteroatoms. The minimum Gasteiger partial charge on any atom is -0.455 e. The summed E-state index contributed by atoms with van der Waals surface area (Å²) in [6.07, 6.45) is 27.2. The lowest BCUT2D eigenvalue weighted by molar-refractivity contribution is -0.140. The van der Waals surface area contributed by atoms with Crippen LogP contribution in [0.3, 0.4) is 0 Å². The molecular weight excluding hydrogens is 412 g/mol. The molecule has 0 aliphatic carbocycles. The highest BCUT2D eigenvalue weighted by Gasteiger charge is 2.16. The molecule has 0 saturated heterocycles. The Bertz CT molecular complexity index is 766. The molecule has 5 atom stereocenters. The van der Waals surface area contributed by atoms with E-state index >= 15 is 0 Å². The molecule has 5 unspecified atom stereocenters. The molecule has 4 nitrogen and oxygen atoms in total. The van der Waals surface area contributed by atoms with Crippen LogP contribution < -0.4 is 0 Å². The van der Waals surface area contributed by atoms with Crippen molar-refractivity contribution in [3.05, 3.63) is 84.6 Å². The number of ether oxygens (including phenoxy) is 2. The van der Waals surface area contributed by atoms with Gasteiger partial charge in [-0.1, -0.05) is 93.2 Å². The molecule has 0 bridgehead atoms. The van der Waals surface area contributed by atoms with Gasteiger partial charge < -0.3 is 14.6 Å². The van der Waals surface area contributed by atoms with Crippen molar-refractivity contribution in [2.45, 2.75) is 71.7 Å². The van der Waals surface area contributed by atoms with Crippen LogP contribution in [-0.4, -0.2) is 36.5 Å². The maximum absolute atomic E-state index is 12.3. The zero-order valence-corrected chi connectivity index (χ0v) is 20.9. The number of carbonyl (C=O) groups is 1. The summed E-state index contributed by atoms with van der Waals surface area (Å²) in [5, 5.41) is 10.6. The molecule has 1 heterocycles. The molecule has 1 N–H and O–H groups in total. The lowest BCUT2D eigenvalue weighted by Crippen LogP contribution is -2.23. The van der Waals surface area contributed by atoms with Crippen LogP contribution in [-0.2, 0) is 14.3 Å². The second-order valence-electron chi connectivity index (χ2n) is 8.57. The molecule has 0 radical (unpaired) electrons. The highest BCUT2D eigenvalue weighted by atomic mass is 16.5. The molecule has 0 spiro atoms. The van der Waals surface area contributed by atoms with Gasteiger partial charge in [0.15, 0.2) is 0 Å². The van der Waals surface area contributed by atoms with Crippen molar-refractivity contribution in [1.29, 1.82) is 0 Å². The summed E-state index contributed by atoms with van der Waals surface area (Å²) >= 11 is 0. The van der Waals surface area contributed by atoms with Crippen LogP contribution in [0.1, 0.15) is 53.4 Å². The maximum atomic E-state index is 12.3. The zero-order valence-electron chi connectivity index (χ0n) is 20.9. The van der Waals surface area contributed by atoms with Crippen LogP contribution in [0.4, 0.5) is 0 Å². The van der Waals surface area contributed by atoms with E-state index in [2.05, 4.69) is 25.2 Å². The third-order valence-corrected chi connectivity index (χ3v) is 5.41. The average Bonchev–Trinajstić information content (AvgIpc) is 2.79. The first-order chi connectivity index (χ1) is 15.8. The Balaban J connectivity index is 3.04. The first kappa shape index (κ1) is 28.6. The fourth-order valence-corrected chi connectivity index (χ4v) is 3.19. The molecule has 0 fully saturated rings. The van der Waals surface area contributed by atoms with Gasteiger partial charge in [0.25, 0.3) is 0 Å². The quantitative estimate of drug-likeness (QED) is 0.395. The van der Waals surface area contributed by atoms with E-state index in [1.807, 2.05) is 69.4 Å². The van der Waals surface area contributed by atoms with E-state index in [0.29, 0.717) is 18.8 Å². The highest BCUT2D eigenvalue weighted by molar-refractivity contribution is 5.82. The standard InChI is InChI=1S/C29H42O4/c1-6-7-17-26-18-9-8-10-19-27(32-5)22-28(30)25(4)16-12-15-23(2)13-11-14-24(3)20-21-29(31)33-26/h7-14,16-17,19-21,23,25-28,30H,6,15,18,22H2,1-5H3/b9-8+,13-11+,16-12+,17-7+,19-10-,21-20+,24-14+. The van der Waals surface area contributed by atoms with E-state index < -0.39 is 6.10 Å². The van der Waals surface area contributed by atoms with Crippen LogP contribution in [0.25, 0.3) is 0 Å². The minimum absolute atomic E-state index is 0.0497. The predicted molar refractivity (Wildman–Crippen MR) is 138 cm³/mol. The first-order valence-electron chi connectivity index (χ1n) is 12.0. The molecule has 1 aliphatic heterocycles. The van der Waals surface area contributed by atoms with Gasteiger partial charge in [-0.15, -0.1) is 0 Å². The number of methoxy groups -OCH3 is 1. The van der Waals surface area contributed by atoms with Gasteiger partial charge in [0.2, 0.25) is 0 Å². The summed E-state index contributed by atoms with van der Waals surface area (Å²) in [5.41, 5.74) is 0.975. The van der Waals surface area contributed by atoms with Crippen molar-refractivity contribution in [2.75, 3.05) is 7.11 Å². The summed E-state index contributed by atoms with van der Waals surface area (Å²) in [4.78, 5) is 12.3. The van der Waals surface area contributed by atoms with Gasteiger partial charge in [0.05, 0.1) is 12.2 Å². The van der Waals surface area contributed by atoms with Crippen LogP contribution in [0, 0.1) is 11.8 Å². The fourth-order valence-electron chi connectivity index (χ4n) is 3.19. The molecule has 33 heavy (non-hydrogen) atoms. The third-order valence-electron chi connectivity index (χ3n) is 5.41. The number of hydrogen-bond acceptors (Lipinski definition) is 4. The normalized spacial score (nSPS) is 35.3. The van der Waals surface area contributed by atoms with Crippen LogP contribution in [0.15, 0.2) is 84.6 Å². The van der Waals surface area contributed by atoms with Crippen molar-refractivity contribution in [3.8, 4) is 0 Å². The number of hydrogen-bond donors (Lipinski definition) is 1. The number of aliphatic hydroxyl groups excluding tert-OH is 1. The van der Waals surface area contributed by atoms with Gasteiger partial charge in [0.1, 0.15) is 6.10 Å². The van der Waals surface area contributed by atoms with Gasteiger partial charge in [0, 0.05) is 31.9 Å². The molecule has 0 aromatic rings. The SMILES string of the molecule is CC/C=C/C1C/C=C/C=C\C(OC)CC(O)C(C)/C=C/CC(C)/C=C/C=C(C)/C=C/C(=O)O1. The Morgan fingerprint density at radius 2 is 1.88 bits per heavy atom. The Hall–Kier alpha value is -2.43. The van der Waals surface area contributed by atoms with Crippen LogP contribution in [0.2, 0.25) is 0 Å². The van der Waals surface area contributed by atoms with E-state index in [9.17, 15) is 9.90 Å². The Kier molecular flexibility index (Phi) is 14.8. The van der Waals surface area contributed by atoms with Crippen molar-refractivity contribution >= 4 is 5.97 Å². The Morgan fingerprint density at radius 1 is 1.09 bits per heavy atom. The minimum atomic E-state index is -0.483. The lowest BCUT2D eigenvalue weighted by Gasteiger charge is -2.19. The Labute approximate surface area is 200 Å². The van der Waals surface area contributed by atoms with Crippen LogP contribution in [0.5, 0.6) is 0 Å². The van der Waals surface area contributed by atoms with Gasteiger partial charge in [-0.3, -0.25) is 0 Å². The summed E-state index contributed by atoms with van der Waals surface area (Å²) in [7, 11) is 1.65. The summed E-state index contributed by atoms with van der Waals surface area (Å²) in [6, 6.07) is 0. The number of rotatable bonds is 3. The third kappa shape index (κ3) is 13.7. The van der Waals surface area contributed by atoms with Crippen molar-refractivity contribution in [2.24, 2.45) is 11.8 Å². The van der Waals surface area contributed by atoms with E-state index in [0.717, 1.165) is 18.4 Å². The fraction of sp³-hybridized carbons (Fsp3) is 0.483. The maximum Gasteiger partial charge on any atom is 0.331 e. The number of allylic oxidation sites excluding steroid dienone is 9. The number of carbonyl (C=O) groups excluding carboxylic acids is 1. The molecule has 0 amide bonds. The summed E-state index contributed by atoms with van der Waals surface area (Å²) in [5.74, 6) is 0.0623. The lowest BCUT2D eigenvalue weighted by atomic mass is 9.97. The first-order valence-corrected chi connectivity index (χ1v) is 12.0. The average molecular weight is 455 g/mol. The Morgan fingerprint density at radius 3 is 2.61 bits per heavy atom. The molecule has 0 saturated carbocycles. The smallest absolute Gasteiger partial charge is 0.331 e. The van der Waals surface area contributed by atoms with Gasteiger partial charge in [-0.05, 0) is 31.8 Å². The number of esters is 1. The molecule has 1 rings (SSSR count). The monoisotopic (exact) mass is 454 g/mol. The largest absolute Gasteiger partial charge is 0.455 e. The topological polar surface area (TPSA) is 55.8 Å². The van der Waals surface area contributed by atoms with Gasteiger partial charge in [-0.2, -0.15) is 0 Å². The van der Waals surface area contributed by atoms with E-state index in [1.54, 1.807) is 13.2 Å². The molecule has 0 aromatic carbocycles. The van der Waals surface area contributed by atoms with Crippen LogP contribution >= 0.6 is 0 Å². The van der Waals surface area contributed by atoms with E-state index in [4.69, 9.17) is 9.47 Å². The number of cyclic esters (lactones) is 1. The molecule has 0 aromatic heterocycles. The van der Waals surface area contributed by atoms with E-state index in [-0.39, 0.29) is 24.1 Å². The molecule has 182 valence electrons. The second kappa shape index (κ2) is 17.1. The van der Waals surface area contributed by atoms with Crippen molar-refractivity contribution in [1.82, 2.24) is 0 Å². The molecular formula is C29H42O4.